The average Bonchev–Trinajstić information content (AvgIpc) is 2.47. The van der Waals surface area contributed by atoms with Crippen LogP contribution in [-0.2, 0) is 0 Å². The van der Waals surface area contributed by atoms with Gasteiger partial charge in [0.2, 0.25) is 0 Å². The number of nitrogens with zero attached hydrogens (tertiary/aromatic N) is 1. The van der Waals surface area contributed by atoms with Crippen LogP contribution in [0.25, 0.3) is 10.9 Å². The quantitative estimate of drug-likeness (QED) is 0.813. The normalized spacial score (nSPS) is 23.2. The van der Waals surface area contributed by atoms with Gasteiger partial charge in [-0.1, -0.05) is 51.8 Å². The molecule has 0 saturated heterocycles. The first-order valence-corrected chi connectivity index (χ1v) is 8.16. The predicted octanol–water partition coefficient (Wildman–Crippen LogP) is 5.25. The van der Waals surface area contributed by atoms with Gasteiger partial charge >= 0.3 is 0 Å². The number of hydrogen-bond donors (Lipinski definition) is 1. The summed E-state index contributed by atoms with van der Waals surface area (Å²) in [5.74, 6) is 0.727. The maximum absolute atomic E-state index is 4.57. The largest absolute Gasteiger partial charge is 0.380 e. The molecule has 1 aliphatic rings. The molecule has 2 atom stereocenters. The fourth-order valence-electron chi connectivity index (χ4n) is 3.76. The Balaban J connectivity index is 1.90. The first-order valence-electron chi connectivity index (χ1n) is 8.16. The molecule has 1 fully saturated rings. The van der Waals surface area contributed by atoms with Crippen molar-refractivity contribution in [1.82, 2.24) is 4.98 Å². The Labute approximate surface area is 128 Å². The van der Waals surface area contributed by atoms with Crippen molar-refractivity contribution in [1.29, 1.82) is 0 Å². The van der Waals surface area contributed by atoms with Gasteiger partial charge in [-0.3, -0.25) is 4.98 Å². The number of anilines is 1. The van der Waals surface area contributed by atoms with Crippen molar-refractivity contribution >= 4 is 16.6 Å². The molecule has 112 valence electrons. The Morgan fingerprint density at radius 3 is 2.62 bits per heavy atom. The lowest BCUT2D eigenvalue weighted by Crippen LogP contribution is -2.39. The van der Waals surface area contributed by atoms with Gasteiger partial charge in [0.05, 0.1) is 11.2 Å². The highest BCUT2D eigenvalue weighted by Crippen LogP contribution is 2.39. The molecular weight excluding hydrogens is 256 g/mol. The lowest BCUT2D eigenvalue weighted by atomic mass is 9.69. The van der Waals surface area contributed by atoms with E-state index in [0.29, 0.717) is 11.5 Å². The van der Waals surface area contributed by atoms with E-state index < -0.39 is 0 Å². The summed E-state index contributed by atoms with van der Waals surface area (Å²) in [6.07, 6.45) is 7.19. The Morgan fingerprint density at radius 2 is 1.81 bits per heavy atom. The number of aromatic nitrogens is 1. The van der Waals surface area contributed by atoms with E-state index >= 15 is 0 Å². The second kappa shape index (κ2) is 5.67. The molecule has 0 aliphatic heterocycles. The van der Waals surface area contributed by atoms with Crippen molar-refractivity contribution in [3.05, 3.63) is 36.5 Å². The van der Waals surface area contributed by atoms with E-state index in [2.05, 4.69) is 55.3 Å². The minimum absolute atomic E-state index is 0.357. The van der Waals surface area contributed by atoms with Crippen molar-refractivity contribution < 1.29 is 0 Å². The minimum Gasteiger partial charge on any atom is -0.380 e. The third-order valence-corrected chi connectivity index (χ3v) is 4.85. The number of rotatable bonds is 2. The highest BCUT2D eigenvalue weighted by Gasteiger charge is 2.34. The monoisotopic (exact) mass is 282 g/mol. The van der Waals surface area contributed by atoms with Gasteiger partial charge in [-0.25, -0.2) is 0 Å². The maximum Gasteiger partial charge on any atom is 0.0933 e. The molecule has 0 bridgehead atoms. The molecule has 1 aliphatic carbocycles. The molecule has 1 aromatic carbocycles. The number of para-hydroxylation sites is 1. The van der Waals surface area contributed by atoms with Crippen molar-refractivity contribution in [2.24, 2.45) is 11.3 Å². The van der Waals surface area contributed by atoms with Crippen LogP contribution < -0.4 is 5.32 Å². The Morgan fingerprint density at radius 1 is 1.05 bits per heavy atom. The second-order valence-electron chi connectivity index (χ2n) is 7.39. The van der Waals surface area contributed by atoms with E-state index in [9.17, 15) is 0 Å². The second-order valence-corrected chi connectivity index (χ2v) is 7.39. The molecule has 0 spiro atoms. The van der Waals surface area contributed by atoms with Crippen molar-refractivity contribution in [3.63, 3.8) is 0 Å². The van der Waals surface area contributed by atoms with Crippen LogP contribution in [0.4, 0.5) is 5.69 Å². The zero-order chi connectivity index (χ0) is 14.9. The van der Waals surface area contributed by atoms with Crippen molar-refractivity contribution in [2.75, 3.05) is 5.32 Å². The Kier molecular flexibility index (Phi) is 3.88. The van der Waals surface area contributed by atoms with E-state index in [4.69, 9.17) is 0 Å². The first-order chi connectivity index (χ1) is 10.1. The molecule has 2 heteroatoms. The molecule has 0 radical (unpaired) electrons. The number of pyridine rings is 1. The van der Waals surface area contributed by atoms with Gasteiger partial charge < -0.3 is 5.32 Å². The summed E-state index contributed by atoms with van der Waals surface area (Å²) < 4.78 is 0. The number of fused-ring (bicyclic) bond motifs is 1. The van der Waals surface area contributed by atoms with E-state index in [0.717, 1.165) is 11.4 Å². The summed E-state index contributed by atoms with van der Waals surface area (Å²) in [5, 5.41) is 5.03. The maximum atomic E-state index is 4.57. The van der Waals surface area contributed by atoms with Crippen LogP contribution >= 0.6 is 0 Å². The SMILES string of the molecule is CC(C)(C)C1CCCCC1Nc1cccc2cccnc12. The van der Waals surface area contributed by atoms with Gasteiger partial charge in [0, 0.05) is 17.6 Å². The number of benzene rings is 1. The minimum atomic E-state index is 0.357. The standard InChI is InChI=1S/C19H26N2/c1-19(2,3)15-10-4-5-11-16(15)21-17-12-6-8-14-9-7-13-20-18(14)17/h6-9,12-13,15-16,21H,4-5,10-11H2,1-3H3. The average molecular weight is 282 g/mol. The molecule has 1 saturated carbocycles. The number of nitrogens with one attached hydrogen (secondary N) is 1. The van der Waals surface area contributed by atoms with Gasteiger partial charge in [0.15, 0.2) is 0 Å². The summed E-state index contributed by atoms with van der Waals surface area (Å²) in [6.45, 7) is 7.12. The molecule has 2 aromatic rings. The van der Waals surface area contributed by atoms with Gasteiger partial charge in [0.1, 0.15) is 0 Å². The lowest BCUT2D eigenvalue weighted by molar-refractivity contribution is 0.163. The lowest BCUT2D eigenvalue weighted by Gasteiger charge is -2.41. The molecule has 2 nitrogen and oxygen atoms in total. The summed E-state index contributed by atoms with van der Waals surface area (Å²) in [4.78, 5) is 4.57. The molecule has 21 heavy (non-hydrogen) atoms. The van der Waals surface area contributed by atoms with E-state index in [1.807, 2.05) is 12.3 Å². The van der Waals surface area contributed by atoms with Crippen LogP contribution in [-0.4, -0.2) is 11.0 Å². The highest BCUT2D eigenvalue weighted by atomic mass is 14.9. The van der Waals surface area contributed by atoms with Crippen molar-refractivity contribution in [3.8, 4) is 0 Å². The zero-order valence-corrected chi connectivity index (χ0v) is 13.4. The van der Waals surface area contributed by atoms with Crippen molar-refractivity contribution in [2.45, 2.75) is 52.5 Å². The third-order valence-electron chi connectivity index (χ3n) is 4.85. The highest BCUT2D eigenvalue weighted by molar-refractivity contribution is 5.90. The molecular formula is C19H26N2. The van der Waals surface area contributed by atoms with Crippen LogP contribution in [0.3, 0.4) is 0 Å². The molecule has 0 amide bonds. The fraction of sp³-hybridized carbons (Fsp3) is 0.526. The van der Waals surface area contributed by atoms with Gasteiger partial charge in [-0.2, -0.15) is 0 Å². The summed E-state index contributed by atoms with van der Waals surface area (Å²) in [7, 11) is 0. The molecule has 3 rings (SSSR count). The van der Waals surface area contributed by atoms with Gasteiger partial charge in [-0.05, 0) is 36.3 Å². The van der Waals surface area contributed by atoms with Crippen LogP contribution in [0.1, 0.15) is 46.5 Å². The first kappa shape index (κ1) is 14.4. The van der Waals surface area contributed by atoms with E-state index in [1.165, 1.54) is 36.8 Å². The van der Waals surface area contributed by atoms with Crippen LogP contribution in [0.2, 0.25) is 0 Å². The van der Waals surface area contributed by atoms with Gasteiger partial charge in [0.25, 0.3) is 0 Å². The smallest absolute Gasteiger partial charge is 0.0933 e. The van der Waals surface area contributed by atoms with Crippen LogP contribution in [0.5, 0.6) is 0 Å². The van der Waals surface area contributed by atoms with E-state index in [1.54, 1.807) is 0 Å². The third kappa shape index (κ3) is 3.04. The summed E-state index contributed by atoms with van der Waals surface area (Å²) in [6, 6.07) is 11.1. The fourth-order valence-corrected chi connectivity index (χ4v) is 3.76. The molecule has 1 N–H and O–H groups in total. The van der Waals surface area contributed by atoms with Crippen LogP contribution in [0, 0.1) is 11.3 Å². The molecule has 1 aromatic heterocycles. The topological polar surface area (TPSA) is 24.9 Å². The summed E-state index contributed by atoms with van der Waals surface area (Å²) >= 11 is 0. The Bertz CT molecular complexity index is 607. The zero-order valence-electron chi connectivity index (χ0n) is 13.4. The molecule has 1 heterocycles. The van der Waals surface area contributed by atoms with Gasteiger partial charge in [-0.15, -0.1) is 0 Å². The van der Waals surface area contributed by atoms with Crippen LogP contribution in [0.15, 0.2) is 36.5 Å². The molecule has 2 unspecified atom stereocenters. The Hall–Kier alpha value is -1.57. The summed E-state index contributed by atoms with van der Waals surface area (Å²) in [5.41, 5.74) is 2.64. The number of hydrogen-bond acceptors (Lipinski definition) is 2. The van der Waals surface area contributed by atoms with E-state index in [-0.39, 0.29) is 0 Å². The predicted molar refractivity (Wildman–Crippen MR) is 90.6 cm³/mol.